The third-order valence-electron chi connectivity index (χ3n) is 3.92. The zero-order valence-electron chi connectivity index (χ0n) is 13.0. The van der Waals surface area contributed by atoms with E-state index < -0.39 is 0 Å². The molecule has 0 radical (unpaired) electrons. The van der Waals surface area contributed by atoms with Crippen LogP contribution in [0.3, 0.4) is 0 Å². The van der Waals surface area contributed by atoms with Crippen molar-refractivity contribution in [1.82, 2.24) is 9.88 Å². The number of likely N-dealkylation sites (tertiary alicyclic amines) is 1. The molecule has 0 spiro atoms. The molecule has 120 valence electrons. The summed E-state index contributed by atoms with van der Waals surface area (Å²) in [5, 5.41) is 2.56. The van der Waals surface area contributed by atoms with Gasteiger partial charge in [0.05, 0.1) is 0 Å². The van der Waals surface area contributed by atoms with Crippen LogP contribution in [0.4, 0.5) is 6.01 Å². The van der Waals surface area contributed by atoms with E-state index in [1.54, 1.807) is 29.2 Å². The Hall–Kier alpha value is -2.63. The second-order valence-corrected chi connectivity index (χ2v) is 5.86. The van der Waals surface area contributed by atoms with Crippen LogP contribution in [0.1, 0.15) is 40.6 Å². The van der Waals surface area contributed by atoms with Crippen molar-refractivity contribution in [3.63, 3.8) is 0 Å². The van der Waals surface area contributed by atoms with Gasteiger partial charge in [0.1, 0.15) is 6.26 Å². The minimum Gasteiger partial charge on any atom is -0.431 e. The average molecular weight is 313 g/mol. The standard InChI is InChI=1S/C17H19N3O3/c1-12-6-5-9-20(10-12)16(22)14-11-23-17(18-14)19-15(21)13-7-3-2-4-8-13/h2-4,7-8,11-12H,5-6,9-10H2,1H3,(H,18,19,21). The van der Waals surface area contributed by atoms with E-state index in [1.807, 2.05) is 6.07 Å². The highest BCUT2D eigenvalue weighted by atomic mass is 16.4. The summed E-state index contributed by atoms with van der Waals surface area (Å²) in [6, 6.07) is 8.80. The number of hydrogen-bond donors (Lipinski definition) is 1. The minimum absolute atomic E-state index is 0.0345. The molecule has 1 aliphatic heterocycles. The van der Waals surface area contributed by atoms with Gasteiger partial charge in [-0.15, -0.1) is 0 Å². The second-order valence-electron chi connectivity index (χ2n) is 5.86. The van der Waals surface area contributed by atoms with Gasteiger partial charge in [-0.25, -0.2) is 0 Å². The highest BCUT2D eigenvalue weighted by Gasteiger charge is 2.24. The Morgan fingerprint density at radius 1 is 1.30 bits per heavy atom. The lowest BCUT2D eigenvalue weighted by Crippen LogP contribution is -2.39. The van der Waals surface area contributed by atoms with E-state index in [0.717, 1.165) is 25.9 Å². The molecular weight excluding hydrogens is 294 g/mol. The van der Waals surface area contributed by atoms with Crippen LogP contribution in [0.2, 0.25) is 0 Å². The molecule has 1 fully saturated rings. The lowest BCUT2D eigenvalue weighted by atomic mass is 10.0. The van der Waals surface area contributed by atoms with Gasteiger partial charge in [0, 0.05) is 18.7 Å². The van der Waals surface area contributed by atoms with Crippen LogP contribution in [-0.4, -0.2) is 34.8 Å². The first-order valence-corrected chi connectivity index (χ1v) is 7.74. The van der Waals surface area contributed by atoms with Gasteiger partial charge in [0.25, 0.3) is 11.8 Å². The quantitative estimate of drug-likeness (QED) is 0.945. The van der Waals surface area contributed by atoms with E-state index in [1.165, 1.54) is 6.26 Å². The summed E-state index contributed by atoms with van der Waals surface area (Å²) in [5.74, 6) is 0.0235. The van der Waals surface area contributed by atoms with Gasteiger partial charge < -0.3 is 9.32 Å². The largest absolute Gasteiger partial charge is 0.431 e. The summed E-state index contributed by atoms with van der Waals surface area (Å²) >= 11 is 0. The van der Waals surface area contributed by atoms with E-state index in [9.17, 15) is 9.59 Å². The molecule has 6 nitrogen and oxygen atoms in total. The Bertz CT molecular complexity index is 696. The number of hydrogen-bond acceptors (Lipinski definition) is 4. The summed E-state index contributed by atoms with van der Waals surface area (Å²) in [4.78, 5) is 30.3. The molecule has 1 unspecified atom stereocenters. The fourth-order valence-corrected chi connectivity index (χ4v) is 2.72. The summed E-state index contributed by atoms with van der Waals surface area (Å²) < 4.78 is 5.21. The van der Waals surface area contributed by atoms with E-state index in [0.29, 0.717) is 11.5 Å². The zero-order valence-corrected chi connectivity index (χ0v) is 13.0. The van der Waals surface area contributed by atoms with Crippen LogP contribution in [0, 0.1) is 5.92 Å². The van der Waals surface area contributed by atoms with Gasteiger partial charge >= 0.3 is 6.01 Å². The summed E-state index contributed by atoms with van der Waals surface area (Å²) in [7, 11) is 0. The number of oxazole rings is 1. The number of nitrogens with zero attached hydrogens (tertiary/aromatic N) is 2. The SMILES string of the molecule is CC1CCCN(C(=O)c2coc(NC(=O)c3ccccc3)n2)C1. The molecule has 23 heavy (non-hydrogen) atoms. The van der Waals surface area contributed by atoms with Gasteiger partial charge in [-0.2, -0.15) is 4.98 Å². The maximum Gasteiger partial charge on any atom is 0.302 e. The van der Waals surface area contributed by atoms with Crippen molar-refractivity contribution in [3.8, 4) is 0 Å². The molecule has 1 aromatic carbocycles. The van der Waals surface area contributed by atoms with Gasteiger partial charge in [-0.05, 0) is 30.9 Å². The van der Waals surface area contributed by atoms with Crippen LogP contribution < -0.4 is 5.32 Å². The monoisotopic (exact) mass is 313 g/mol. The Balaban J connectivity index is 1.66. The molecule has 2 aromatic rings. The fraction of sp³-hybridized carbons (Fsp3) is 0.353. The maximum atomic E-state index is 12.4. The van der Waals surface area contributed by atoms with E-state index in [4.69, 9.17) is 4.42 Å². The smallest absolute Gasteiger partial charge is 0.302 e. The fourth-order valence-electron chi connectivity index (χ4n) is 2.72. The number of carbonyl (C=O) groups excluding carboxylic acids is 2. The van der Waals surface area contributed by atoms with E-state index in [-0.39, 0.29) is 23.5 Å². The predicted octanol–water partition coefficient (Wildman–Crippen LogP) is 2.80. The van der Waals surface area contributed by atoms with Gasteiger partial charge in [-0.1, -0.05) is 25.1 Å². The highest BCUT2D eigenvalue weighted by Crippen LogP contribution is 2.18. The minimum atomic E-state index is -0.321. The highest BCUT2D eigenvalue weighted by molar-refractivity contribution is 6.03. The molecule has 6 heteroatoms. The third kappa shape index (κ3) is 3.59. The van der Waals surface area contributed by atoms with Crippen molar-refractivity contribution in [2.75, 3.05) is 18.4 Å². The Morgan fingerprint density at radius 3 is 2.83 bits per heavy atom. The molecule has 0 saturated carbocycles. The van der Waals surface area contributed by atoms with Gasteiger partial charge in [0.15, 0.2) is 5.69 Å². The van der Waals surface area contributed by atoms with Crippen LogP contribution in [0.15, 0.2) is 41.0 Å². The summed E-state index contributed by atoms with van der Waals surface area (Å²) in [5.41, 5.74) is 0.728. The van der Waals surface area contributed by atoms with Gasteiger partial charge in [-0.3, -0.25) is 14.9 Å². The first-order chi connectivity index (χ1) is 11.1. The first-order valence-electron chi connectivity index (χ1n) is 7.74. The van der Waals surface area contributed by atoms with E-state index in [2.05, 4.69) is 17.2 Å². The van der Waals surface area contributed by atoms with Crippen LogP contribution >= 0.6 is 0 Å². The Labute approximate surface area is 134 Å². The zero-order chi connectivity index (χ0) is 16.2. The first kappa shape index (κ1) is 15.3. The predicted molar refractivity (Wildman–Crippen MR) is 85.2 cm³/mol. The third-order valence-corrected chi connectivity index (χ3v) is 3.92. The number of nitrogens with one attached hydrogen (secondary N) is 1. The van der Waals surface area contributed by atoms with Gasteiger partial charge in [0.2, 0.25) is 0 Å². The van der Waals surface area contributed by atoms with Crippen molar-refractivity contribution in [1.29, 1.82) is 0 Å². The molecule has 3 rings (SSSR count). The molecular formula is C17H19N3O3. The Morgan fingerprint density at radius 2 is 2.09 bits per heavy atom. The maximum absolute atomic E-state index is 12.4. The lowest BCUT2D eigenvalue weighted by Gasteiger charge is -2.30. The molecule has 1 aliphatic rings. The van der Waals surface area contributed by atoms with Crippen molar-refractivity contribution < 1.29 is 14.0 Å². The summed E-state index contributed by atoms with van der Waals surface area (Å²) in [6.07, 6.45) is 3.44. The molecule has 0 bridgehead atoms. The second kappa shape index (κ2) is 6.64. The number of anilines is 1. The van der Waals surface area contributed by atoms with Crippen molar-refractivity contribution in [2.24, 2.45) is 5.92 Å². The normalized spacial score (nSPS) is 17.8. The number of rotatable bonds is 3. The number of carbonyl (C=O) groups is 2. The molecule has 1 saturated heterocycles. The number of amides is 2. The van der Waals surface area contributed by atoms with Crippen LogP contribution in [-0.2, 0) is 0 Å². The Kier molecular flexibility index (Phi) is 4.41. The molecule has 1 atom stereocenters. The lowest BCUT2D eigenvalue weighted by molar-refractivity contribution is 0.0677. The molecule has 1 aromatic heterocycles. The topological polar surface area (TPSA) is 75.4 Å². The number of piperidine rings is 1. The molecule has 2 heterocycles. The summed E-state index contributed by atoms with van der Waals surface area (Å²) in [6.45, 7) is 3.60. The molecule has 2 amide bonds. The number of aromatic nitrogens is 1. The molecule has 0 aliphatic carbocycles. The van der Waals surface area contributed by atoms with Crippen molar-refractivity contribution in [3.05, 3.63) is 47.9 Å². The van der Waals surface area contributed by atoms with Crippen molar-refractivity contribution >= 4 is 17.8 Å². The molecule has 1 N–H and O–H groups in total. The van der Waals surface area contributed by atoms with Crippen LogP contribution in [0.5, 0.6) is 0 Å². The van der Waals surface area contributed by atoms with E-state index >= 15 is 0 Å². The van der Waals surface area contributed by atoms with Crippen molar-refractivity contribution in [2.45, 2.75) is 19.8 Å². The number of benzene rings is 1. The average Bonchev–Trinajstić information content (AvgIpc) is 3.03. The van der Waals surface area contributed by atoms with Crippen LogP contribution in [0.25, 0.3) is 0 Å².